The molecule has 0 unspecified atom stereocenters. The molecule has 134 valence electrons. The summed E-state index contributed by atoms with van der Waals surface area (Å²) in [6, 6.07) is 2.53. The SMILES string of the molecule is C/C=C/CCc1cc(F)c(-c2cc(F)c(C(F)(F)F)c(F)c2)c(F)c1. The number of aryl methyl sites for hydroxylation is 1. The molecule has 0 aliphatic heterocycles. The molecule has 0 amide bonds. The Hall–Kier alpha value is -2.31. The van der Waals surface area contributed by atoms with Crippen LogP contribution in [0.25, 0.3) is 11.1 Å². The highest BCUT2D eigenvalue weighted by atomic mass is 19.4. The molecule has 25 heavy (non-hydrogen) atoms. The third-order valence-electron chi connectivity index (χ3n) is 3.55. The Morgan fingerprint density at radius 3 is 1.80 bits per heavy atom. The number of alkyl halides is 3. The summed E-state index contributed by atoms with van der Waals surface area (Å²) >= 11 is 0. The van der Waals surface area contributed by atoms with Gasteiger partial charge in [-0.2, -0.15) is 13.2 Å². The molecule has 0 N–H and O–H groups in total. The molecule has 2 rings (SSSR count). The van der Waals surface area contributed by atoms with Crippen molar-refractivity contribution in [2.75, 3.05) is 0 Å². The highest BCUT2D eigenvalue weighted by molar-refractivity contribution is 5.66. The maximum atomic E-state index is 14.2. The van der Waals surface area contributed by atoms with E-state index in [2.05, 4.69) is 0 Å². The van der Waals surface area contributed by atoms with Crippen molar-refractivity contribution >= 4 is 0 Å². The molecular formula is C18H13F7. The largest absolute Gasteiger partial charge is 0.422 e. The maximum absolute atomic E-state index is 14.2. The molecular weight excluding hydrogens is 349 g/mol. The second kappa shape index (κ2) is 7.29. The summed E-state index contributed by atoms with van der Waals surface area (Å²) in [5.74, 6) is -6.07. The van der Waals surface area contributed by atoms with Gasteiger partial charge in [-0.15, -0.1) is 0 Å². The van der Waals surface area contributed by atoms with Gasteiger partial charge in [-0.25, -0.2) is 17.6 Å². The predicted octanol–water partition coefficient (Wildman–Crippen LogP) is 6.44. The lowest BCUT2D eigenvalue weighted by Gasteiger charge is -2.13. The fourth-order valence-electron chi connectivity index (χ4n) is 2.45. The van der Waals surface area contributed by atoms with Gasteiger partial charge < -0.3 is 0 Å². The second-order valence-corrected chi connectivity index (χ2v) is 5.35. The Morgan fingerprint density at radius 1 is 0.840 bits per heavy atom. The molecule has 0 saturated heterocycles. The van der Waals surface area contributed by atoms with E-state index in [0.717, 1.165) is 12.1 Å². The van der Waals surface area contributed by atoms with Crippen molar-refractivity contribution in [3.63, 3.8) is 0 Å². The van der Waals surface area contributed by atoms with Gasteiger partial charge in [0.1, 0.15) is 28.8 Å². The zero-order valence-corrected chi connectivity index (χ0v) is 13.0. The van der Waals surface area contributed by atoms with E-state index in [1.165, 1.54) is 0 Å². The molecule has 0 fully saturated rings. The van der Waals surface area contributed by atoms with Crippen molar-refractivity contribution in [2.45, 2.75) is 25.9 Å². The van der Waals surface area contributed by atoms with Crippen molar-refractivity contribution < 1.29 is 30.7 Å². The molecule has 0 nitrogen and oxygen atoms in total. The summed E-state index contributed by atoms with van der Waals surface area (Å²) in [4.78, 5) is 0. The van der Waals surface area contributed by atoms with Gasteiger partial charge in [-0.3, -0.25) is 0 Å². The van der Waals surface area contributed by atoms with Gasteiger partial charge in [-0.05, 0) is 55.2 Å². The van der Waals surface area contributed by atoms with Gasteiger partial charge in [0.2, 0.25) is 0 Å². The lowest BCUT2D eigenvalue weighted by Crippen LogP contribution is -2.11. The molecule has 0 aliphatic carbocycles. The minimum Gasteiger partial charge on any atom is -0.206 e. The molecule has 7 heteroatoms. The first-order valence-corrected chi connectivity index (χ1v) is 7.30. The topological polar surface area (TPSA) is 0 Å². The van der Waals surface area contributed by atoms with E-state index >= 15 is 0 Å². The van der Waals surface area contributed by atoms with Crippen molar-refractivity contribution in [1.82, 2.24) is 0 Å². The third-order valence-corrected chi connectivity index (χ3v) is 3.55. The fourth-order valence-corrected chi connectivity index (χ4v) is 2.45. The van der Waals surface area contributed by atoms with E-state index in [9.17, 15) is 30.7 Å². The van der Waals surface area contributed by atoms with Crippen LogP contribution in [-0.2, 0) is 12.6 Å². The van der Waals surface area contributed by atoms with Crippen molar-refractivity contribution in [2.24, 2.45) is 0 Å². The zero-order chi connectivity index (χ0) is 18.8. The van der Waals surface area contributed by atoms with Crippen LogP contribution in [0.5, 0.6) is 0 Å². The quantitative estimate of drug-likeness (QED) is 0.434. The van der Waals surface area contributed by atoms with Crippen LogP contribution < -0.4 is 0 Å². The van der Waals surface area contributed by atoms with Gasteiger partial charge in [0.15, 0.2) is 0 Å². The molecule has 0 saturated carbocycles. The summed E-state index contributed by atoms with van der Waals surface area (Å²) in [7, 11) is 0. The summed E-state index contributed by atoms with van der Waals surface area (Å²) in [6.45, 7) is 1.79. The van der Waals surface area contributed by atoms with Crippen LogP contribution in [0.3, 0.4) is 0 Å². The highest BCUT2D eigenvalue weighted by Crippen LogP contribution is 2.37. The van der Waals surface area contributed by atoms with Crippen LogP contribution in [0, 0.1) is 23.3 Å². The van der Waals surface area contributed by atoms with Crippen LogP contribution in [0.15, 0.2) is 36.4 Å². The van der Waals surface area contributed by atoms with E-state index in [1.807, 2.05) is 0 Å². The Bertz CT molecular complexity index is 758. The van der Waals surface area contributed by atoms with Crippen LogP contribution in [0.1, 0.15) is 24.5 Å². The normalized spacial score (nSPS) is 12.2. The van der Waals surface area contributed by atoms with Crippen LogP contribution in [0.2, 0.25) is 0 Å². The molecule has 0 bridgehead atoms. The number of benzene rings is 2. The van der Waals surface area contributed by atoms with Crippen molar-refractivity contribution in [1.29, 1.82) is 0 Å². The van der Waals surface area contributed by atoms with Gasteiger partial charge >= 0.3 is 6.18 Å². The Labute approximate surface area is 139 Å². The third kappa shape index (κ3) is 4.21. The Morgan fingerprint density at radius 2 is 1.36 bits per heavy atom. The summed E-state index contributed by atoms with van der Waals surface area (Å²) < 4.78 is 93.3. The van der Waals surface area contributed by atoms with Crippen LogP contribution in [0.4, 0.5) is 30.7 Å². The number of allylic oxidation sites excluding steroid dienone is 2. The molecule has 0 aliphatic rings. The Balaban J connectivity index is 2.49. The van der Waals surface area contributed by atoms with E-state index in [4.69, 9.17) is 0 Å². The second-order valence-electron chi connectivity index (χ2n) is 5.35. The fraction of sp³-hybridized carbons (Fsp3) is 0.222. The monoisotopic (exact) mass is 362 g/mol. The summed E-state index contributed by atoms with van der Waals surface area (Å²) in [5, 5.41) is 0. The number of hydrogen-bond acceptors (Lipinski definition) is 0. The van der Waals surface area contributed by atoms with E-state index < -0.39 is 46.1 Å². The van der Waals surface area contributed by atoms with Crippen molar-refractivity contribution in [3.05, 3.63) is 70.8 Å². The molecule has 0 heterocycles. The highest BCUT2D eigenvalue weighted by Gasteiger charge is 2.38. The van der Waals surface area contributed by atoms with Gasteiger partial charge in [0.25, 0.3) is 0 Å². The van der Waals surface area contributed by atoms with Gasteiger partial charge in [-0.1, -0.05) is 12.2 Å². The number of halogens is 7. The molecule has 0 radical (unpaired) electrons. The average Bonchev–Trinajstić information content (AvgIpc) is 2.44. The van der Waals surface area contributed by atoms with E-state index in [1.54, 1.807) is 19.1 Å². The first kappa shape index (κ1) is 19.0. The lowest BCUT2D eigenvalue weighted by atomic mass is 9.98. The van der Waals surface area contributed by atoms with E-state index in [0.29, 0.717) is 18.4 Å². The molecule has 0 aromatic heterocycles. The predicted molar refractivity (Wildman–Crippen MR) is 79.8 cm³/mol. The standard InChI is InChI=1S/C18H13F7/c1-2-3-4-5-10-6-12(19)16(13(20)7-10)11-8-14(21)17(15(22)9-11)18(23,24)25/h2-3,6-9H,4-5H2,1H3/b3-2+. The molecule has 0 atom stereocenters. The van der Waals surface area contributed by atoms with Crippen LogP contribution in [-0.4, -0.2) is 0 Å². The lowest BCUT2D eigenvalue weighted by molar-refractivity contribution is -0.142. The smallest absolute Gasteiger partial charge is 0.206 e. The maximum Gasteiger partial charge on any atom is 0.422 e. The van der Waals surface area contributed by atoms with Gasteiger partial charge in [0, 0.05) is 0 Å². The first-order chi connectivity index (χ1) is 11.6. The zero-order valence-electron chi connectivity index (χ0n) is 13.0. The first-order valence-electron chi connectivity index (χ1n) is 7.30. The molecule has 2 aromatic rings. The summed E-state index contributed by atoms with van der Waals surface area (Å²) in [6.07, 6.45) is -0.800. The number of hydrogen-bond donors (Lipinski definition) is 0. The summed E-state index contributed by atoms with van der Waals surface area (Å²) in [5.41, 5.74) is -3.19. The van der Waals surface area contributed by atoms with Crippen LogP contribution >= 0.6 is 0 Å². The van der Waals surface area contributed by atoms with E-state index in [-0.39, 0.29) is 12.1 Å². The minimum absolute atomic E-state index is 0.271. The number of rotatable bonds is 4. The van der Waals surface area contributed by atoms with Gasteiger partial charge in [0.05, 0.1) is 5.56 Å². The molecule has 0 spiro atoms. The Kier molecular flexibility index (Phi) is 5.55. The van der Waals surface area contributed by atoms with Crippen molar-refractivity contribution in [3.8, 4) is 11.1 Å². The minimum atomic E-state index is -5.25. The average molecular weight is 362 g/mol. The molecule has 2 aromatic carbocycles.